The van der Waals surface area contributed by atoms with Gasteiger partial charge >= 0.3 is 0 Å². The van der Waals surface area contributed by atoms with E-state index >= 15 is 0 Å². The van der Waals surface area contributed by atoms with E-state index in [1.165, 1.54) is 5.56 Å². The average molecular weight is 325 g/mol. The van der Waals surface area contributed by atoms with Gasteiger partial charge in [-0.1, -0.05) is 56.3 Å². The van der Waals surface area contributed by atoms with Crippen molar-refractivity contribution in [2.24, 2.45) is 0 Å². The van der Waals surface area contributed by atoms with Gasteiger partial charge in [0.1, 0.15) is 5.75 Å². The van der Waals surface area contributed by atoms with Crippen LogP contribution in [0.15, 0.2) is 48.5 Å². The fourth-order valence-corrected chi connectivity index (χ4v) is 2.58. The average Bonchev–Trinajstić information content (AvgIpc) is 2.60. The van der Waals surface area contributed by atoms with Gasteiger partial charge in [-0.05, 0) is 48.9 Å². The lowest BCUT2D eigenvalue weighted by atomic mass is 10.0. The first-order valence-corrected chi connectivity index (χ1v) is 8.57. The van der Waals surface area contributed by atoms with Crippen molar-refractivity contribution >= 4 is 5.91 Å². The lowest BCUT2D eigenvalue weighted by molar-refractivity contribution is -0.128. The highest BCUT2D eigenvalue weighted by Gasteiger charge is 2.19. The minimum absolute atomic E-state index is 0.0545. The number of nitrogens with one attached hydrogen (secondary N) is 1. The van der Waals surface area contributed by atoms with Crippen LogP contribution in [-0.2, 0) is 4.79 Å². The summed E-state index contributed by atoms with van der Waals surface area (Å²) in [5.74, 6) is 1.00. The summed E-state index contributed by atoms with van der Waals surface area (Å²) < 4.78 is 5.96. The highest BCUT2D eigenvalue weighted by atomic mass is 16.5. The van der Waals surface area contributed by atoms with Gasteiger partial charge in [-0.25, -0.2) is 0 Å². The molecule has 2 atom stereocenters. The number of hydrogen-bond acceptors (Lipinski definition) is 2. The summed E-state index contributed by atoms with van der Waals surface area (Å²) in [4.78, 5) is 12.5. The van der Waals surface area contributed by atoms with E-state index in [4.69, 9.17) is 4.74 Å². The third-order valence-corrected chi connectivity index (χ3v) is 4.23. The molecule has 0 fully saturated rings. The summed E-state index contributed by atoms with van der Waals surface area (Å²) >= 11 is 0. The van der Waals surface area contributed by atoms with E-state index in [-0.39, 0.29) is 11.8 Å². The molecule has 3 nitrogen and oxygen atoms in total. The molecule has 2 rings (SSSR count). The molecule has 24 heavy (non-hydrogen) atoms. The standard InChI is InChI=1S/C21H27NO2/c1-5-19(24-20-13-15(2)11-12-16(20)3)21(23)22-14-17(4)18-9-7-6-8-10-18/h6-13,17,19H,5,14H2,1-4H3,(H,22,23). The summed E-state index contributed by atoms with van der Waals surface area (Å²) in [6, 6.07) is 16.3. The number of aryl methyl sites for hydroxylation is 2. The highest BCUT2D eigenvalue weighted by molar-refractivity contribution is 5.81. The van der Waals surface area contributed by atoms with Crippen molar-refractivity contribution in [2.45, 2.75) is 46.1 Å². The van der Waals surface area contributed by atoms with Crippen LogP contribution < -0.4 is 10.1 Å². The number of carbonyl (C=O) groups excluding carboxylic acids is 1. The number of amides is 1. The first-order valence-electron chi connectivity index (χ1n) is 8.57. The van der Waals surface area contributed by atoms with Crippen LogP contribution >= 0.6 is 0 Å². The predicted molar refractivity (Wildman–Crippen MR) is 98.5 cm³/mol. The Morgan fingerprint density at radius 2 is 1.83 bits per heavy atom. The second-order valence-electron chi connectivity index (χ2n) is 6.34. The number of hydrogen-bond donors (Lipinski definition) is 1. The van der Waals surface area contributed by atoms with Crippen molar-refractivity contribution in [3.05, 3.63) is 65.2 Å². The quantitative estimate of drug-likeness (QED) is 0.820. The molecule has 0 aliphatic rings. The second kappa shape index (κ2) is 8.53. The molecular weight excluding hydrogens is 298 g/mol. The van der Waals surface area contributed by atoms with E-state index in [9.17, 15) is 4.79 Å². The fourth-order valence-electron chi connectivity index (χ4n) is 2.58. The molecule has 0 spiro atoms. The van der Waals surface area contributed by atoms with Gasteiger partial charge in [-0.3, -0.25) is 4.79 Å². The molecule has 0 heterocycles. The van der Waals surface area contributed by atoms with E-state index in [0.29, 0.717) is 13.0 Å². The number of rotatable bonds is 7. The minimum atomic E-state index is -0.464. The summed E-state index contributed by atoms with van der Waals surface area (Å²) in [7, 11) is 0. The van der Waals surface area contributed by atoms with Crippen molar-refractivity contribution in [3.63, 3.8) is 0 Å². The van der Waals surface area contributed by atoms with Crippen molar-refractivity contribution in [1.29, 1.82) is 0 Å². The van der Waals surface area contributed by atoms with Crippen LogP contribution in [0.3, 0.4) is 0 Å². The second-order valence-corrected chi connectivity index (χ2v) is 6.34. The monoisotopic (exact) mass is 325 g/mol. The van der Waals surface area contributed by atoms with Gasteiger partial charge in [-0.15, -0.1) is 0 Å². The SMILES string of the molecule is CCC(Oc1cc(C)ccc1C)C(=O)NCC(C)c1ccccc1. The van der Waals surface area contributed by atoms with Gasteiger partial charge < -0.3 is 10.1 Å². The Kier molecular flexibility index (Phi) is 6.42. The molecule has 2 aromatic carbocycles. The van der Waals surface area contributed by atoms with Crippen LogP contribution in [0.4, 0.5) is 0 Å². The lowest BCUT2D eigenvalue weighted by Gasteiger charge is -2.20. The van der Waals surface area contributed by atoms with E-state index in [1.54, 1.807) is 0 Å². The summed E-state index contributed by atoms with van der Waals surface area (Å²) in [5, 5.41) is 3.02. The summed E-state index contributed by atoms with van der Waals surface area (Å²) in [6.07, 6.45) is 0.173. The van der Waals surface area contributed by atoms with E-state index in [0.717, 1.165) is 16.9 Å². The normalized spacial score (nSPS) is 13.2. The van der Waals surface area contributed by atoms with Crippen LogP contribution in [0.25, 0.3) is 0 Å². The van der Waals surface area contributed by atoms with Gasteiger partial charge in [0.05, 0.1) is 0 Å². The maximum atomic E-state index is 12.5. The van der Waals surface area contributed by atoms with Gasteiger partial charge in [0.2, 0.25) is 0 Å². The molecule has 0 aromatic heterocycles. The zero-order valence-electron chi connectivity index (χ0n) is 15.0. The van der Waals surface area contributed by atoms with Crippen LogP contribution in [0, 0.1) is 13.8 Å². The van der Waals surface area contributed by atoms with E-state index in [1.807, 2.05) is 57.2 Å². The molecule has 2 unspecified atom stereocenters. The molecule has 0 bridgehead atoms. The predicted octanol–water partition coefficient (Wildman–Crippen LogP) is 4.38. The number of ether oxygens (including phenoxy) is 1. The van der Waals surface area contributed by atoms with Gasteiger partial charge in [0, 0.05) is 6.54 Å². The molecule has 0 saturated heterocycles. The maximum Gasteiger partial charge on any atom is 0.261 e. The molecule has 0 saturated carbocycles. The maximum absolute atomic E-state index is 12.5. The van der Waals surface area contributed by atoms with Gasteiger partial charge in [0.25, 0.3) is 5.91 Å². The molecule has 1 amide bonds. The first kappa shape index (κ1) is 18.1. The van der Waals surface area contributed by atoms with Gasteiger partial charge in [-0.2, -0.15) is 0 Å². The zero-order chi connectivity index (χ0) is 17.5. The van der Waals surface area contributed by atoms with Crippen molar-refractivity contribution in [3.8, 4) is 5.75 Å². The first-order chi connectivity index (χ1) is 11.5. The number of benzene rings is 2. The molecule has 0 radical (unpaired) electrons. The zero-order valence-corrected chi connectivity index (χ0v) is 15.0. The van der Waals surface area contributed by atoms with E-state index < -0.39 is 6.10 Å². The Balaban J connectivity index is 1.95. The highest BCUT2D eigenvalue weighted by Crippen LogP contribution is 2.21. The summed E-state index contributed by atoms with van der Waals surface area (Å²) in [5.41, 5.74) is 3.40. The van der Waals surface area contributed by atoms with Crippen LogP contribution in [0.5, 0.6) is 5.75 Å². The van der Waals surface area contributed by atoms with Crippen molar-refractivity contribution in [2.75, 3.05) is 6.54 Å². The number of carbonyl (C=O) groups is 1. The molecule has 128 valence electrons. The Morgan fingerprint density at radius 3 is 2.50 bits per heavy atom. The third kappa shape index (κ3) is 4.85. The van der Waals surface area contributed by atoms with Crippen molar-refractivity contribution < 1.29 is 9.53 Å². The molecule has 3 heteroatoms. The Labute approximate surface area is 145 Å². The minimum Gasteiger partial charge on any atom is -0.480 e. The lowest BCUT2D eigenvalue weighted by Crippen LogP contribution is -2.39. The molecule has 2 aromatic rings. The summed E-state index contributed by atoms with van der Waals surface area (Å²) in [6.45, 7) is 8.71. The molecule has 1 N–H and O–H groups in total. The topological polar surface area (TPSA) is 38.3 Å². The van der Waals surface area contributed by atoms with Crippen molar-refractivity contribution in [1.82, 2.24) is 5.32 Å². The largest absolute Gasteiger partial charge is 0.480 e. The van der Waals surface area contributed by atoms with Crippen LogP contribution in [0.2, 0.25) is 0 Å². The smallest absolute Gasteiger partial charge is 0.261 e. The molecular formula is C21H27NO2. The molecule has 0 aliphatic heterocycles. The Morgan fingerprint density at radius 1 is 1.12 bits per heavy atom. The van der Waals surface area contributed by atoms with E-state index in [2.05, 4.69) is 24.4 Å². The fraction of sp³-hybridized carbons (Fsp3) is 0.381. The Bertz CT molecular complexity index is 667. The van der Waals surface area contributed by atoms with Gasteiger partial charge in [0.15, 0.2) is 6.10 Å². The third-order valence-electron chi connectivity index (χ3n) is 4.23. The van der Waals surface area contributed by atoms with Crippen LogP contribution in [-0.4, -0.2) is 18.6 Å². The van der Waals surface area contributed by atoms with Crippen LogP contribution in [0.1, 0.15) is 42.9 Å². The molecule has 0 aliphatic carbocycles. The Hall–Kier alpha value is -2.29.